The summed E-state index contributed by atoms with van der Waals surface area (Å²) in [5.41, 5.74) is 3.69. The van der Waals surface area contributed by atoms with E-state index in [1.807, 2.05) is 18.2 Å². The molecule has 7 heteroatoms. The van der Waals surface area contributed by atoms with Gasteiger partial charge in [-0.1, -0.05) is 5.57 Å². The molecule has 2 aliphatic rings. The number of rotatable bonds is 3. The molecule has 1 aromatic rings. The molecule has 2 fully saturated rings. The highest BCUT2D eigenvalue weighted by molar-refractivity contribution is 5.57. The molecule has 2 N–H and O–H groups in total. The number of nitriles is 2. The zero-order chi connectivity index (χ0) is 20.2. The molecular weight excluding hydrogens is 388 g/mol. The number of anilines is 1. The maximum absolute atomic E-state index is 8.66. The number of piperidine rings is 2. The summed E-state index contributed by atoms with van der Waals surface area (Å²) >= 11 is 0. The summed E-state index contributed by atoms with van der Waals surface area (Å²) in [6.07, 6.45) is 7.46. The standard InChI is InChI=1S/C15H18N2O2.C7H10N2.ClH/c1-18-14-4-3-13(11-15(14)19-2)17-9-6-12(5-8-16)7-10-17;8-4-1-7-2-5-9-6-3-7;/h3-5,11H,6-7,9-10H2,1-2H3;1,9H,2-3,5-6H2;1H. The lowest BCUT2D eigenvalue weighted by Crippen LogP contribution is -3.00. The molecule has 29 heavy (non-hydrogen) atoms. The Morgan fingerprint density at radius 2 is 1.45 bits per heavy atom. The zero-order valence-corrected chi connectivity index (χ0v) is 17.9. The van der Waals surface area contributed by atoms with E-state index in [1.54, 1.807) is 26.4 Å². The van der Waals surface area contributed by atoms with Crippen molar-refractivity contribution in [3.8, 4) is 23.6 Å². The van der Waals surface area contributed by atoms with Crippen LogP contribution < -0.4 is 32.1 Å². The van der Waals surface area contributed by atoms with Crippen LogP contribution in [0.1, 0.15) is 25.7 Å². The molecule has 6 nitrogen and oxygen atoms in total. The van der Waals surface area contributed by atoms with Crippen molar-refractivity contribution in [3.63, 3.8) is 0 Å². The second kappa shape index (κ2) is 13.5. The van der Waals surface area contributed by atoms with Gasteiger partial charge < -0.3 is 32.1 Å². The van der Waals surface area contributed by atoms with Crippen molar-refractivity contribution < 1.29 is 27.2 Å². The van der Waals surface area contributed by atoms with E-state index in [2.05, 4.69) is 22.4 Å². The number of nitrogens with two attached hydrogens (primary N) is 1. The average Bonchev–Trinajstić information content (AvgIpc) is 2.75. The van der Waals surface area contributed by atoms with Gasteiger partial charge in [0.15, 0.2) is 11.5 Å². The van der Waals surface area contributed by atoms with Crippen LogP contribution in [0.4, 0.5) is 5.69 Å². The minimum atomic E-state index is 0. The molecular formula is C22H29ClN4O2. The van der Waals surface area contributed by atoms with Gasteiger partial charge >= 0.3 is 0 Å². The predicted octanol–water partition coefficient (Wildman–Crippen LogP) is -0.448. The highest BCUT2D eigenvalue weighted by atomic mass is 35.5. The number of allylic oxidation sites excluding steroid dienone is 2. The van der Waals surface area contributed by atoms with Gasteiger partial charge in [-0.2, -0.15) is 10.5 Å². The molecule has 0 aromatic heterocycles. The number of ether oxygens (including phenoxy) is 2. The average molecular weight is 417 g/mol. The minimum Gasteiger partial charge on any atom is -1.00 e. The highest BCUT2D eigenvalue weighted by Crippen LogP contribution is 2.33. The molecule has 0 bridgehead atoms. The molecule has 0 saturated carbocycles. The van der Waals surface area contributed by atoms with Gasteiger partial charge in [-0.15, -0.1) is 0 Å². The predicted molar refractivity (Wildman–Crippen MR) is 109 cm³/mol. The molecule has 2 heterocycles. The molecule has 1 aromatic carbocycles. The second-order valence-corrected chi connectivity index (χ2v) is 6.76. The number of hydrogen-bond acceptors (Lipinski definition) is 5. The van der Waals surface area contributed by atoms with Crippen molar-refractivity contribution in [1.29, 1.82) is 10.5 Å². The van der Waals surface area contributed by atoms with Crippen molar-refractivity contribution in [1.82, 2.24) is 0 Å². The Balaban J connectivity index is 0.000000355. The van der Waals surface area contributed by atoms with Crippen molar-refractivity contribution in [2.75, 3.05) is 45.3 Å². The van der Waals surface area contributed by atoms with Gasteiger partial charge in [0.2, 0.25) is 0 Å². The van der Waals surface area contributed by atoms with Crippen LogP contribution in [-0.4, -0.2) is 40.4 Å². The van der Waals surface area contributed by atoms with Crippen molar-refractivity contribution >= 4 is 5.69 Å². The van der Waals surface area contributed by atoms with Crippen LogP contribution in [-0.2, 0) is 0 Å². The smallest absolute Gasteiger partial charge is 0.162 e. The van der Waals surface area contributed by atoms with Gasteiger partial charge in [0.25, 0.3) is 0 Å². The van der Waals surface area contributed by atoms with E-state index in [9.17, 15) is 0 Å². The van der Waals surface area contributed by atoms with Crippen LogP contribution in [0.5, 0.6) is 11.5 Å². The SMILES string of the molecule is COc1ccc(N2CCC(=CC#N)CC2)cc1OC.N#CC=C1CC[NH2+]CC1.[Cl-]. The number of methoxy groups -OCH3 is 2. The molecule has 0 atom stereocenters. The summed E-state index contributed by atoms with van der Waals surface area (Å²) in [5.74, 6) is 1.49. The van der Waals surface area contributed by atoms with Gasteiger partial charge in [0.1, 0.15) is 0 Å². The Labute approximate surface area is 179 Å². The van der Waals surface area contributed by atoms with E-state index >= 15 is 0 Å². The first-order valence-electron chi connectivity index (χ1n) is 9.65. The first kappa shape index (κ1) is 24.4. The number of halogens is 1. The summed E-state index contributed by atoms with van der Waals surface area (Å²) in [5, 5.41) is 19.2. The monoisotopic (exact) mass is 416 g/mol. The van der Waals surface area contributed by atoms with Gasteiger partial charge in [0.05, 0.1) is 39.4 Å². The zero-order valence-electron chi connectivity index (χ0n) is 17.2. The lowest BCUT2D eigenvalue weighted by atomic mass is 10.0. The first-order valence-corrected chi connectivity index (χ1v) is 9.65. The van der Waals surface area contributed by atoms with E-state index in [1.165, 1.54) is 11.1 Å². The van der Waals surface area contributed by atoms with Crippen LogP contribution in [0.2, 0.25) is 0 Å². The first-order chi connectivity index (χ1) is 13.7. The quantitative estimate of drug-likeness (QED) is 0.674. The van der Waals surface area contributed by atoms with Crippen LogP contribution in [0.3, 0.4) is 0 Å². The summed E-state index contributed by atoms with van der Waals surface area (Å²) in [4.78, 5) is 2.30. The molecule has 0 amide bonds. The molecule has 0 radical (unpaired) electrons. The van der Waals surface area contributed by atoms with Crippen molar-refractivity contribution in [2.24, 2.45) is 0 Å². The van der Waals surface area contributed by atoms with Crippen LogP contribution in [0.25, 0.3) is 0 Å². The van der Waals surface area contributed by atoms with Crippen LogP contribution in [0, 0.1) is 22.7 Å². The number of hydrogen-bond donors (Lipinski definition) is 1. The molecule has 2 aliphatic heterocycles. The number of nitrogens with zero attached hydrogens (tertiary/aromatic N) is 3. The maximum Gasteiger partial charge on any atom is 0.162 e. The van der Waals surface area contributed by atoms with E-state index in [0.29, 0.717) is 0 Å². The normalized spacial score (nSPS) is 15.5. The van der Waals surface area contributed by atoms with Crippen LogP contribution in [0.15, 0.2) is 41.5 Å². The fourth-order valence-electron chi connectivity index (χ4n) is 3.39. The molecule has 2 saturated heterocycles. The fourth-order valence-corrected chi connectivity index (χ4v) is 3.39. The Bertz CT molecular complexity index is 775. The molecule has 0 aliphatic carbocycles. The summed E-state index contributed by atoms with van der Waals surface area (Å²) in [6, 6.07) is 10.1. The Morgan fingerprint density at radius 3 is 1.97 bits per heavy atom. The van der Waals surface area contributed by atoms with Gasteiger partial charge in [0, 0.05) is 49.8 Å². The van der Waals surface area contributed by atoms with Gasteiger partial charge in [-0.05, 0) is 30.5 Å². The van der Waals surface area contributed by atoms with E-state index < -0.39 is 0 Å². The number of benzene rings is 1. The lowest BCUT2D eigenvalue weighted by molar-refractivity contribution is -0.658. The third-order valence-electron chi connectivity index (χ3n) is 5.01. The van der Waals surface area contributed by atoms with Crippen molar-refractivity contribution in [2.45, 2.75) is 25.7 Å². The third kappa shape index (κ3) is 7.69. The Morgan fingerprint density at radius 1 is 0.897 bits per heavy atom. The minimum absolute atomic E-state index is 0. The Kier molecular flexibility index (Phi) is 11.3. The van der Waals surface area contributed by atoms with E-state index in [4.69, 9.17) is 20.0 Å². The van der Waals surface area contributed by atoms with E-state index in [-0.39, 0.29) is 12.4 Å². The molecule has 0 unspecified atom stereocenters. The molecule has 156 valence electrons. The molecule has 0 spiro atoms. The van der Waals surface area contributed by atoms with Crippen LogP contribution >= 0.6 is 0 Å². The number of quaternary nitrogens is 1. The third-order valence-corrected chi connectivity index (χ3v) is 5.01. The second-order valence-electron chi connectivity index (χ2n) is 6.76. The topological polar surface area (TPSA) is 85.9 Å². The fraction of sp³-hybridized carbons (Fsp3) is 0.455. The summed E-state index contributed by atoms with van der Waals surface area (Å²) in [7, 11) is 3.28. The Hall–Kier alpha value is -2.67. The highest BCUT2D eigenvalue weighted by Gasteiger charge is 2.16. The largest absolute Gasteiger partial charge is 1.00 e. The summed E-state index contributed by atoms with van der Waals surface area (Å²) in [6.45, 7) is 4.19. The van der Waals surface area contributed by atoms with Gasteiger partial charge in [-0.3, -0.25) is 0 Å². The van der Waals surface area contributed by atoms with Gasteiger partial charge in [-0.25, -0.2) is 0 Å². The van der Waals surface area contributed by atoms with Crippen molar-refractivity contribution in [3.05, 3.63) is 41.5 Å². The summed E-state index contributed by atoms with van der Waals surface area (Å²) < 4.78 is 10.6. The van der Waals surface area contributed by atoms with E-state index in [0.717, 1.165) is 69.0 Å². The lowest BCUT2D eigenvalue weighted by Gasteiger charge is -2.30. The molecule has 3 rings (SSSR count). The maximum atomic E-state index is 8.66.